The molecule has 0 N–H and O–H groups in total. The fourth-order valence-corrected chi connectivity index (χ4v) is 3.61. The fraction of sp³-hybridized carbons (Fsp3) is 0.667. The molecule has 21 heavy (non-hydrogen) atoms. The van der Waals surface area contributed by atoms with E-state index in [0.29, 0.717) is 17.8 Å². The van der Waals surface area contributed by atoms with Crippen molar-refractivity contribution in [3.63, 3.8) is 0 Å². The summed E-state index contributed by atoms with van der Waals surface area (Å²) in [6, 6.07) is 6.67. The molecule has 0 unspecified atom stereocenters. The molecule has 2 aliphatic rings. The molecule has 1 amide bonds. The highest BCUT2D eigenvalue weighted by atomic mass is 16.2. The van der Waals surface area contributed by atoms with Crippen molar-refractivity contribution in [1.82, 2.24) is 9.88 Å². The van der Waals surface area contributed by atoms with E-state index in [1.165, 1.54) is 44.9 Å². The van der Waals surface area contributed by atoms with E-state index in [0.717, 1.165) is 11.6 Å². The molecule has 3 nitrogen and oxygen atoms in total. The topological polar surface area (TPSA) is 33.2 Å². The predicted molar refractivity (Wildman–Crippen MR) is 84.2 cm³/mol. The zero-order valence-corrected chi connectivity index (χ0v) is 13.2. The Kier molecular flexibility index (Phi) is 4.27. The first-order valence-electron chi connectivity index (χ1n) is 8.45. The maximum absolute atomic E-state index is 12.9. The summed E-state index contributed by atoms with van der Waals surface area (Å²) < 4.78 is 0. The second-order valence-electron chi connectivity index (χ2n) is 6.69. The number of aryl methyl sites for hydroxylation is 1. The lowest BCUT2D eigenvalue weighted by Gasteiger charge is -2.37. The molecule has 0 bridgehead atoms. The Morgan fingerprint density at radius 1 is 1.14 bits per heavy atom. The Labute approximate surface area is 127 Å². The summed E-state index contributed by atoms with van der Waals surface area (Å²) in [5, 5.41) is 0. The lowest BCUT2D eigenvalue weighted by atomic mass is 9.83. The van der Waals surface area contributed by atoms with Crippen molar-refractivity contribution >= 4 is 5.91 Å². The first-order chi connectivity index (χ1) is 10.2. The van der Waals surface area contributed by atoms with Crippen LogP contribution in [0.15, 0.2) is 18.2 Å². The Balaban J connectivity index is 1.74. The third kappa shape index (κ3) is 3.28. The lowest BCUT2D eigenvalue weighted by Crippen LogP contribution is -2.44. The normalized spacial score (nSPS) is 25.6. The van der Waals surface area contributed by atoms with Crippen molar-refractivity contribution < 1.29 is 4.79 Å². The summed E-state index contributed by atoms with van der Waals surface area (Å²) in [4.78, 5) is 19.5. The molecule has 0 saturated heterocycles. The summed E-state index contributed by atoms with van der Waals surface area (Å²) >= 11 is 0. The number of hydrogen-bond donors (Lipinski definition) is 0. The van der Waals surface area contributed by atoms with Gasteiger partial charge in [-0.25, -0.2) is 4.98 Å². The van der Waals surface area contributed by atoms with Gasteiger partial charge in [-0.2, -0.15) is 0 Å². The average Bonchev–Trinajstić information content (AvgIpc) is 3.33. The SMILES string of the molecule is CCC1CCC(N(C(=O)c2cccc(C)n2)C2CC2)CC1. The summed E-state index contributed by atoms with van der Waals surface area (Å²) in [6.45, 7) is 4.23. The van der Waals surface area contributed by atoms with E-state index in [1.54, 1.807) is 0 Å². The molecular weight excluding hydrogens is 260 g/mol. The van der Waals surface area contributed by atoms with Crippen LogP contribution in [0.5, 0.6) is 0 Å². The first kappa shape index (κ1) is 14.6. The highest BCUT2D eigenvalue weighted by molar-refractivity contribution is 5.93. The summed E-state index contributed by atoms with van der Waals surface area (Å²) in [7, 11) is 0. The third-order valence-electron chi connectivity index (χ3n) is 5.07. The van der Waals surface area contributed by atoms with E-state index in [4.69, 9.17) is 0 Å². The molecule has 2 fully saturated rings. The minimum atomic E-state index is 0.154. The van der Waals surface area contributed by atoms with Gasteiger partial charge in [0, 0.05) is 17.8 Å². The van der Waals surface area contributed by atoms with Crippen molar-refractivity contribution in [3.05, 3.63) is 29.6 Å². The van der Waals surface area contributed by atoms with E-state index >= 15 is 0 Å². The van der Waals surface area contributed by atoms with E-state index in [2.05, 4.69) is 16.8 Å². The van der Waals surface area contributed by atoms with Crippen LogP contribution < -0.4 is 0 Å². The summed E-state index contributed by atoms with van der Waals surface area (Å²) in [5.74, 6) is 1.02. The second-order valence-corrected chi connectivity index (χ2v) is 6.69. The number of carbonyl (C=O) groups is 1. The van der Waals surface area contributed by atoms with Gasteiger partial charge in [0.05, 0.1) is 0 Å². The van der Waals surface area contributed by atoms with Crippen LogP contribution in [-0.2, 0) is 0 Å². The molecule has 1 aromatic rings. The van der Waals surface area contributed by atoms with Gasteiger partial charge in [0.25, 0.3) is 5.91 Å². The van der Waals surface area contributed by atoms with E-state index in [9.17, 15) is 4.79 Å². The van der Waals surface area contributed by atoms with Crippen LogP contribution in [0.2, 0.25) is 0 Å². The second kappa shape index (κ2) is 6.17. The van der Waals surface area contributed by atoms with Crippen molar-refractivity contribution in [2.24, 2.45) is 5.92 Å². The number of hydrogen-bond acceptors (Lipinski definition) is 2. The van der Waals surface area contributed by atoms with Crippen LogP contribution >= 0.6 is 0 Å². The van der Waals surface area contributed by atoms with Gasteiger partial charge in [-0.3, -0.25) is 4.79 Å². The number of aromatic nitrogens is 1. The molecule has 2 saturated carbocycles. The number of rotatable bonds is 4. The fourth-order valence-electron chi connectivity index (χ4n) is 3.61. The minimum Gasteiger partial charge on any atom is -0.331 e. The number of nitrogens with zero attached hydrogens (tertiary/aromatic N) is 2. The number of pyridine rings is 1. The van der Waals surface area contributed by atoms with Crippen LogP contribution in [-0.4, -0.2) is 27.9 Å². The van der Waals surface area contributed by atoms with Crippen molar-refractivity contribution in [1.29, 1.82) is 0 Å². The smallest absolute Gasteiger partial charge is 0.272 e. The maximum Gasteiger partial charge on any atom is 0.272 e. The van der Waals surface area contributed by atoms with E-state index < -0.39 is 0 Å². The zero-order chi connectivity index (χ0) is 14.8. The van der Waals surface area contributed by atoms with Gasteiger partial charge in [-0.05, 0) is 63.5 Å². The van der Waals surface area contributed by atoms with Gasteiger partial charge in [0.1, 0.15) is 5.69 Å². The Hall–Kier alpha value is -1.38. The molecule has 1 aromatic heterocycles. The molecule has 3 heteroatoms. The highest BCUT2D eigenvalue weighted by Crippen LogP contribution is 2.36. The maximum atomic E-state index is 12.9. The Bertz CT molecular complexity index is 502. The van der Waals surface area contributed by atoms with Crippen LogP contribution in [0.1, 0.15) is 68.1 Å². The largest absolute Gasteiger partial charge is 0.331 e. The van der Waals surface area contributed by atoms with Crippen LogP contribution in [0, 0.1) is 12.8 Å². The van der Waals surface area contributed by atoms with Crippen LogP contribution in [0.4, 0.5) is 0 Å². The van der Waals surface area contributed by atoms with Gasteiger partial charge in [-0.15, -0.1) is 0 Å². The van der Waals surface area contributed by atoms with Crippen LogP contribution in [0.25, 0.3) is 0 Å². The molecule has 2 aliphatic carbocycles. The van der Waals surface area contributed by atoms with Gasteiger partial charge >= 0.3 is 0 Å². The third-order valence-corrected chi connectivity index (χ3v) is 5.07. The number of amides is 1. The van der Waals surface area contributed by atoms with Gasteiger partial charge in [0.15, 0.2) is 0 Å². The quantitative estimate of drug-likeness (QED) is 0.839. The molecule has 0 radical (unpaired) electrons. The standard InChI is InChI=1S/C18H26N2O/c1-3-14-7-9-15(10-8-14)20(16-11-12-16)18(21)17-6-4-5-13(2)19-17/h4-6,14-16H,3,7-12H2,1-2H3. The molecule has 114 valence electrons. The van der Waals surface area contributed by atoms with Crippen molar-refractivity contribution in [3.8, 4) is 0 Å². The first-order valence-corrected chi connectivity index (χ1v) is 8.45. The predicted octanol–water partition coefficient (Wildman–Crippen LogP) is 3.96. The molecular formula is C18H26N2O. The highest BCUT2D eigenvalue weighted by Gasteiger charge is 2.39. The lowest BCUT2D eigenvalue weighted by molar-refractivity contribution is 0.0581. The van der Waals surface area contributed by atoms with Crippen LogP contribution in [0.3, 0.4) is 0 Å². The van der Waals surface area contributed by atoms with Gasteiger partial charge in [0.2, 0.25) is 0 Å². The van der Waals surface area contributed by atoms with Crippen molar-refractivity contribution in [2.75, 3.05) is 0 Å². The monoisotopic (exact) mass is 286 g/mol. The van der Waals surface area contributed by atoms with E-state index in [1.807, 2.05) is 25.1 Å². The van der Waals surface area contributed by atoms with Crippen molar-refractivity contribution in [2.45, 2.75) is 70.9 Å². The molecule has 0 atom stereocenters. The Morgan fingerprint density at radius 3 is 2.29 bits per heavy atom. The molecule has 0 aromatic carbocycles. The van der Waals surface area contributed by atoms with Gasteiger partial charge < -0.3 is 4.90 Å². The zero-order valence-electron chi connectivity index (χ0n) is 13.2. The average molecular weight is 286 g/mol. The van der Waals surface area contributed by atoms with Gasteiger partial charge in [-0.1, -0.05) is 19.4 Å². The minimum absolute atomic E-state index is 0.154. The Morgan fingerprint density at radius 2 is 1.76 bits per heavy atom. The summed E-state index contributed by atoms with van der Waals surface area (Å²) in [6.07, 6.45) is 8.52. The molecule has 1 heterocycles. The molecule has 3 rings (SSSR count). The number of carbonyl (C=O) groups excluding carboxylic acids is 1. The molecule has 0 spiro atoms. The summed E-state index contributed by atoms with van der Waals surface area (Å²) in [5.41, 5.74) is 1.55. The van der Waals surface area contributed by atoms with E-state index in [-0.39, 0.29) is 5.91 Å². The molecule has 0 aliphatic heterocycles.